The Labute approximate surface area is 202 Å². The SMILES string of the molecule is CCOc1ccc(C=C2SC(=O)N(CCNC(=O)c3ccc(OC)c(OC)c3)C2=O)cc1OC. The van der Waals surface area contributed by atoms with Crippen molar-refractivity contribution in [3.63, 3.8) is 0 Å². The fourth-order valence-corrected chi connectivity index (χ4v) is 4.12. The molecule has 34 heavy (non-hydrogen) atoms. The lowest BCUT2D eigenvalue weighted by atomic mass is 10.2. The summed E-state index contributed by atoms with van der Waals surface area (Å²) < 4.78 is 21.2. The predicted molar refractivity (Wildman–Crippen MR) is 129 cm³/mol. The molecular formula is C24H26N2O7S. The highest BCUT2D eigenvalue weighted by Crippen LogP contribution is 2.34. The zero-order chi connectivity index (χ0) is 24.7. The average molecular weight is 487 g/mol. The number of methoxy groups -OCH3 is 3. The van der Waals surface area contributed by atoms with Crippen LogP contribution in [-0.2, 0) is 4.79 Å². The Bertz CT molecular complexity index is 1120. The summed E-state index contributed by atoms with van der Waals surface area (Å²) >= 11 is 0.852. The third kappa shape index (κ3) is 5.63. The van der Waals surface area contributed by atoms with Gasteiger partial charge in [-0.2, -0.15) is 0 Å². The summed E-state index contributed by atoms with van der Waals surface area (Å²) in [6, 6.07) is 10.1. The van der Waals surface area contributed by atoms with E-state index in [0.717, 1.165) is 16.7 Å². The van der Waals surface area contributed by atoms with Crippen molar-refractivity contribution >= 4 is 34.9 Å². The van der Waals surface area contributed by atoms with Gasteiger partial charge >= 0.3 is 0 Å². The maximum absolute atomic E-state index is 12.8. The molecule has 0 radical (unpaired) electrons. The monoisotopic (exact) mass is 486 g/mol. The van der Waals surface area contributed by atoms with E-state index in [2.05, 4.69) is 5.32 Å². The van der Waals surface area contributed by atoms with Crippen LogP contribution in [0.1, 0.15) is 22.8 Å². The van der Waals surface area contributed by atoms with E-state index in [0.29, 0.717) is 45.6 Å². The molecule has 1 saturated heterocycles. The highest BCUT2D eigenvalue weighted by Gasteiger charge is 2.34. The Balaban J connectivity index is 1.62. The molecule has 0 spiro atoms. The summed E-state index contributed by atoms with van der Waals surface area (Å²) in [4.78, 5) is 39.0. The summed E-state index contributed by atoms with van der Waals surface area (Å²) in [5.74, 6) is 1.30. The Morgan fingerprint density at radius 1 is 0.971 bits per heavy atom. The summed E-state index contributed by atoms with van der Waals surface area (Å²) in [5, 5.41) is 2.32. The first kappa shape index (κ1) is 25.0. The number of ether oxygens (including phenoxy) is 4. The molecule has 3 rings (SSSR count). The third-order valence-electron chi connectivity index (χ3n) is 4.93. The van der Waals surface area contributed by atoms with E-state index in [-0.39, 0.29) is 19.0 Å². The van der Waals surface area contributed by atoms with E-state index < -0.39 is 11.1 Å². The van der Waals surface area contributed by atoms with Crippen LogP contribution in [0.15, 0.2) is 41.3 Å². The summed E-state index contributed by atoms with van der Waals surface area (Å²) in [6.07, 6.45) is 1.63. The van der Waals surface area contributed by atoms with Crippen LogP contribution in [0.3, 0.4) is 0 Å². The number of nitrogens with zero attached hydrogens (tertiary/aromatic N) is 1. The average Bonchev–Trinajstić information content (AvgIpc) is 3.11. The van der Waals surface area contributed by atoms with Crippen LogP contribution in [0.5, 0.6) is 23.0 Å². The quantitative estimate of drug-likeness (QED) is 0.509. The minimum absolute atomic E-state index is 0.0492. The van der Waals surface area contributed by atoms with Crippen LogP contribution in [0, 0.1) is 0 Å². The smallest absolute Gasteiger partial charge is 0.293 e. The molecule has 2 aromatic rings. The molecule has 0 atom stereocenters. The highest BCUT2D eigenvalue weighted by atomic mass is 32.2. The molecule has 10 heteroatoms. The topological polar surface area (TPSA) is 103 Å². The lowest BCUT2D eigenvalue weighted by molar-refractivity contribution is -0.122. The van der Waals surface area contributed by atoms with E-state index in [1.165, 1.54) is 21.3 Å². The van der Waals surface area contributed by atoms with Gasteiger partial charge in [-0.3, -0.25) is 19.3 Å². The summed E-state index contributed by atoms with van der Waals surface area (Å²) in [5.41, 5.74) is 1.07. The van der Waals surface area contributed by atoms with Gasteiger partial charge in [-0.1, -0.05) is 6.07 Å². The van der Waals surface area contributed by atoms with Crippen LogP contribution < -0.4 is 24.3 Å². The molecule has 2 aromatic carbocycles. The third-order valence-corrected chi connectivity index (χ3v) is 5.83. The maximum atomic E-state index is 12.8. The Hall–Kier alpha value is -3.66. The van der Waals surface area contributed by atoms with Crippen LogP contribution in [0.4, 0.5) is 4.79 Å². The van der Waals surface area contributed by atoms with Gasteiger partial charge in [-0.15, -0.1) is 0 Å². The van der Waals surface area contributed by atoms with Gasteiger partial charge in [0, 0.05) is 18.7 Å². The molecule has 1 N–H and O–H groups in total. The normalized spacial score (nSPS) is 14.4. The number of imide groups is 1. The predicted octanol–water partition coefficient (Wildman–Crippen LogP) is 3.58. The number of benzene rings is 2. The van der Waals surface area contributed by atoms with Gasteiger partial charge in [-0.05, 0) is 60.7 Å². The Kier molecular flexibility index (Phi) is 8.42. The molecule has 0 saturated carbocycles. The Morgan fingerprint density at radius 3 is 2.32 bits per heavy atom. The number of rotatable bonds is 10. The van der Waals surface area contributed by atoms with Gasteiger partial charge in [0.05, 0.1) is 32.8 Å². The van der Waals surface area contributed by atoms with Crippen molar-refractivity contribution in [1.82, 2.24) is 10.2 Å². The van der Waals surface area contributed by atoms with E-state index in [9.17, 15) is 14.4 Å². The molecule has 0 unspecified atom stereocenters. The second-order valence-electron chi connectivity index (χ2n) is 7.00. The van der Waals surface area contributed by atoms with Crippen molar-refractivity contribution in [1.29, 1.82) is 0 Å². The van der Waals surface area contributed by atoms with E-state index in [4.69, 9.17) is 18.9 Å². The van der Waals surface area contributed by atoms with Gasteiger partial charge < -0.3 is 24.3 Å². The second-order valence-corrected chi connectivity index (χ2v) is 8.00. The molecule has 1 aliphatic rings. The van der Waals surface area contributed by atoms with Gasteiger partial charge in [0.25, 0.3) is 17.1 Å². The molecule has 0 bridgehead atoms. The first-order valence-corrected chi connectivity index (χ1v) is 11.3. The van der Waals surface area contributed by atoms with Crippen molar-refractivity contribution in [3.05, 3.63) is 52.4 Å². The van der Waals surface area contributed by atoms with E-state index in [1.54, 1.807) is 42.5 Å². The minimum Gasteiger partial charge on any atom is -0.493 e. The molecule has 9 nitrogen and oxygen atoms in total. The maximum Gasteiger partial charge on any atom is 0.293 e. The number of thioether (sulfide) groups is 1. The first-order chi connectivity index (χ1) is 16.4. The molecule has 0 aromatic heterocycles. The Morgan fingerprint density at radius 2 is 1.65 bits per heavy atom. The molecule has 1 aliphatic heterocycles. The number of hydrogen-bond acceptors (Lipinski definition) is 8. The largest absolute Gasteiger partial charge is 0.493 e. The second kappa shape index (κ2) is 11.5. The number of carbonyl (C=O) groups excluding carboxylic acids is 3. The molecule has 3 amide bonds. The molecule has 1 fully saturated rings. The lowest BCUT2D eigenvalue weighted by Crippen LogP contribution is -2.37. The molecule has 0 aliphatic carbocycles. The number of nitrogens with one attached hydrogen (secondary N) is 1. The van der Waals surface area contributed by atoms with Crippen molar-refractivity contribution in [3.8, 4) is 23.0 Å². The number of carbonyl (C=O) groups is 3. The zero-order valence-electron chi connectivity index (χ0n) is 19.4. The molecular weight excluding hydrogens is 460 g/mol. The van der Waals surface area contributed by atoms with Gasteiger partial charge in [-0.25, -0.2) is 0 Å². The minimum atomic E-state index is -0.414. The van der Waals surface area contributed by atoms with E-state index >= 15 is 0 Å². The van der Waals surface area contributed by atoms with Crippen molar-refractivity contribution in [2.24, 2.45) is 0 Å². The number of hydrogen-bond donors (Lipinski definition) is 1. The fourth-order valence-electron chi connectivity index (χ4n) is 3.25. The number of amides is 3. The molecule has 1 heterocycles. The van der Waals surface area contributed by atoms with Gasteiger partial charge in [0.15, 0.2) is 23.0 Å². The van der Waals surface area contributed by atoms with Crippen LogP contribution >= 0.6 is 11.8 Å². The van der Waals surface area contributed by atoms with Crippen molar-refractivity contribution in [2.75, 3.05) is 41.0 Å². The first-order valence-electron chi connectivity index (χ1n) is 10.5. The standard InChI is InChI=1S/C24H26N2O7S/c1-5-33-18-8-6-15(12-19(18)31-3)13-21-23(28)26(24(29)34-21)11-10-25-22(27)16-7-9-17(30-2)20(14-16)32-4/h6-9,12-14H,5,10-11H2,1-4H3,(H,25,27). The van der Waals surface area contributed by atoms with Crippen molar-refractivity contribution < 1.29 is 33.3 Å². The van der Waals surface area contributed by atoms with Crippen LogP contribution in [0.25, 0.3) is 6.08 Å². The summed E-state index contributed by atoms with van der Waals surface area (Å²) in [6.45, 7) is 2.53. The molecule has 180 valence electrons. The van der Waals surface area contributed by atoms with E-state index in [1.807, 2.05) is 6.92 Å². The lowest BCUT2D eigenvalue weighted by Gasteiger charge is -2.14. The zero-order valence-corrected chi connectivity index (χ0v) is 20.2. The highest BCUT2D eigenvalue weighted by molar-refractivity contribution is 8.18. The van der Waals surface area contributed by atoms with Crippen LogP contribution in [0.2, 0.25) is 0 Å². The van der Waals surface area contributed by atoms with Crippen LogP contribution in [-0.4, -0.2) is 63.0 Å². The van der Waals surface area contributed by atoms with Crippen molar-refractivity contribution in [2.45, 2.75) is 6.92 Å². The van der Waals surface area contributed by atoms with Gasteiger partial charge in [0.2, 0.25) is 0 Å². The van der Waals surface area contributed by atoms with Gasteiger partial charge in [0.1, 0.15) is 0 Å². The fraction of sp³-hybridized carbons (Fsp3) is 0.292. The summed E-state index contributed by atoms with van der Waals surface area (Å²) in [7, 11) is 4.52.